The number of hydrogen-bond acceptors (Lipinski definition) is 2. The van der Waals surface area contributed by atoms with E-state index < -0.39 is 0 Å². The van der Waals surface area contributed by atoms with Gasteiger partial charge in [0.1, 0.15) is 0 Å². The van der Waals surface area contributed by atoms with Gasteiger partial charge in [-0.2, -0.15) is 0 Å². The van der Waals surface area contributed by atoms with E-state index in [1.54, 1.807) is 0 Å². The van der Waals surface area contributed by atoms with Crippen LogP contribution in [0.2, 0.25) is 0 Å². The quantitative estimate of drug-likeness (QED) is 0.881. The van der Waals surface area contributed by atoms with Gasteiger partial charge in [-0.05, 0) is 24.0 Å². The van der Waals surface area contributed by atoms with E-state index in [1.807, 2.05) is 12.1 Å². The van der Waals surface area contributed by atoms with Crippen LogP contribution >= 0.6 is 0 Å². The molecule has 1 aliphatic carbocycles. The van der Waals surface area contributed by atoms with E-state index in [0.717, 1.165) is 5.56 Å². The van der Waals surface area contributed by atoms with Crippen molar-refractivity contribution in [1.82, 2.24) is 0 Å². The molecule has 0 heterocycles. The Kier molecular flexibility index (Phi) is 6.38. The van der Waals surface area contributed by atoms with Crippen molar-refractivity contribution in [1.29, 1.82) is 0 Å². The summed E-state index contributed by atoms with van der Waals surface area (Å²) in [4.78, 5) is 0. The van der Waals surface area contributed by atoms with E-state index in [2.05, 4.69) is 12.1 Å². The fourth-order valence-corrected chi connectivity index (χ4v) is 2.72. The van der Waals surface area contributed by atoms with Crippen molar-refractivity contribution in [3.05, 3.63) is 35.4 Å². The number of aliphatic hydroxyl groups is 1. The maximum Gasteiger partial charge on any atom is 0.0720 e. The minimum Gasteiger partial charge on any atom is -0.392 e. The van der Waals surface area contributed by atoms with Crippen LogP contribution in [0.1, 0.15) is 62.5 Å². The van der Waals surface area contributed by atoms with Gasteiger partial charge in [-0.1, -0.05) is 62.8 Å². The molecule has 1 saturated carbocycles. The van der Waals surface area contributed by atoms with Crippen LogP contribution in [0.3, 0.4) is 0 Å². The van der Waals surface area contributed by atoms with E-state index in [0.29, 0.717) is 12.7 Å². The molecule has 1 aliphatic rings. The van der Waals surface area contributed by atoms with Crippen LogP contribution in [0.5, 0.6) is 0 Å². The third-order valence-electron chi connectivity index (χ3n) is 3.99. The Morgan fingerprint density at radius 2 is 1.37 bits per heavy atom. The zero-order valence-electron chi connectivity index (χ0n) is 11.8. The first-order valence-electron chi connectivity index (χ1n) is 7.69. The zero-order valence-corrected chi connectivity index (χ0v) is 11.8. The van der Waals surface area contributed by atoms with Gasteiger partial charge in [-0.3, -0.25) is 0 Å². The highest BCUT2D eigenvalue weighted by molar-refractivity contribution is 5.21. The fraction of sp³-hybridized carbons (Fsp3) is 0.647. The van der Waals surface area contributed by atoms with Crippen molar-refractivity contribution in [3.63, 3.8) is 0 Å². The molecule has 0 saturated heterocycles. The molecule has 0 bridgehead atoms. The third kappa shape index (κ3) is 5.33. The average molecular weight is 262 g/mol. The summed E-state index contributed by atoms with van der Waals surface area (Å²) in [7, 11) is 0. The highest BCUT2D eigenvalue weighted by Gasteiger charge is 2.11. The van der Waals surface area contributed by atoms with Gasteiger partial charge in [0.2, 0.25) is 0 Å². The molecule has 1 aromatic rings. The van der Waals surface area contributed by atoms with Crippen LogP contribution in [0, 0.1) is 0 Å². The number of aliphatic hydroxyl groups excluding tert-OH is 1. The molecule has 0 amide bonds. The Balaban J connectivity index is 1.78. The predicted molar refractivity (Wildman–Crippen MR) is 77.9 cm³/mol. The van der Waals surface area contributed by atoms with Gasteiger partial charge >= 0.3 is 0 Å². The molecule has 106 valence electrons. The fourth-order valence-electron chi connectivity index (χ4n) is 2.72. The standard InChI is InChI=1S/C17H26O2/c18-13-15-9-11-16(12-10-15)14-19-17-7-5-3-1-2-4-6-8-17/h9-12,17-18H,1-8,13-14H2. The Labute approximate surface area is 116 Å². The molecule has 2 rings (SSSR count). The van der Waals surface area contributed by atoms with Crippen LogP contribution < -0.4 is 0 Å². The van der Waals surface area contributed by atoms with Gasteiger partial charge in [0.05, 0.1) is 19.3 Å². The van der Waals surface area contributed by atoms with Crippen LogP contribution in [-0.2, 0) is 18.0 Å². The van der Waals surface area contributed by atoms with Gasteiger partial charge in [-0.25, -0.2) is 0 Å². The summed E-state index contributed by atoms with van der Waals surface area (Å²) >= 11 is 0. The Hall–Kier alpha value is -0.860. The Bertz CT molecular complexity index is 335. The normalized spacial score (nSPS) is 18.6. The molecule has 19 heavy (non-hydrogen) atoms. The van der Waals surface area contributed by atoms with Crippen molar-refractivity contribution in [2.24, 2.45) is 0 Å². The molecule has 2 nitrogen and oxygen atoms in total. The smallest absolute Gasteiger partial charge is 0.0720 e. The molecular weight excluding hydrogens is 236 g/mol. The summed E-state index contributed by atoms with van der Waals surface area (Å²) in [5.41, 5.74) is 2.17. The first kappa shape index (κ1) is 14.5. The van der Waals surface area contributed by atoms with Crippen molar-refractivity contribution in [2.45, 2.75) is 70.7 Å². The number of rotatable bonds is 4. The molecule has 1 aromatic carbocycles. The minimum atomic E-state index is 0.115. The number of hydrogen-bond donors (Lipinski definition) is 1. The topological polar surface area (TPSA) is 29.5 Å². The second-order valence-corrected chi connectivity index (χ2v) is 5.61. The minimum absolute atomic E-state index is 0.115. The second kappa shape index (κ2) is 8.34. The molecule has 1 fully saturated rings. The van der Waals surface area contributed by atoms with Crippen molar-refractivity contribution in [3.8, 4) is 0 Å². The predicted octanol–water partition coefficient (Wildman–Crippen LogP) is 4.20. The second-order valence-electron chi connectivity index (χ2n) is 5.61. The van der Waals surface area contributed by atoms with Gasteiger partial charge in [0.25, 0.3) is 0 Å². The van der Waals surface area contributed by atoms with E-state index in [1.165, 1.54) is 56.9 Å². The van der Waals surface area contributed by atoms with Gasteiger partial charge in [-0.15, -0.1) is 0 Å². The number of ether oxygens (including phenoxy) is 1. The summed E-state index contributed by atoms with van der Waals surface area (Å²) in [6, 6.07) is 8.06. The average Bonchev–Trinajstić information content (AvgIpc) is 2.59. The van der Waals surface area contributed by atoms with E-state index in [-0.39, 0.29) is 6.61 Å². The molecule has 0 aromatic heterocycles. The van der Waals surface area contributed by atoms with Crippen LogP contribution in [0.4, 0.5) is 0 Å². The Morgan fingerprint density at radius 3 is 1.95 bits per heavy atom. The molecule has 1 N–H and O–H groups in total. The monoisotopic (exact) mass is 262 g/mol. The highest BCUT2D eigenvalue weighted by atomic mass is 16.5. The van der Waals surface area contributed by atoms with E-state index in [4.69, 9.17) is 9.84 Å². The molecule has 0 aliphatic heterocycles. The van der Waals surface area contributed by atoms with Gasteiger partial charge < -0.3 is 9.84 Å². The first-order valence-corrected chi connectivity index (χ1v) is 7.69. The molecule has 0 spiro atoms. The largest absolute Gasteiger partial charge is 0.392 e. The van der Waals surface area contributed by atoms with Gasteiger partial charge in [0, 0.05) is 0 Å². The van der Waals surface area contributed by atoms with E-state index in [9.17, 15) is 0 Å². The van der Waals surface area contributed by atoms with Crippen molar-refractivity contribution < 1.29 is 9.84 Å². The SMILES string of the molecule is OCc1ccc(COC2CCCCCCCC2)cc1. The first-order chi connectivity index (χ1) is 9.38. The number of benzene rings is 1. The third-order valence-corrected chi connectivity index (χ3v) is 3.99. The zero-order chi connectivity index (χ0) is 13.3. The summed E-state index contributed by atoms with van der Waals surface area (Å²) in [6.45, 7) is 0.820. The van der Waals surface area contributed by atoms with Crippen molar-refractivity contribution in [2.75, 3.05) is 0 Å². The van der Waals surface area contributed by atoms with Crippen LogP contribution in [0.15, 0.2) is 24.3 Å². The molecule has 0 unspecified atom stereocenters. The summed E-state index contributed by atoms with van der Waals surface area (Å²) in [6.07, 6.45) is 11.0. The lowest BCUT2D eigenvalue weighted by Crippen LogP contribution is -2.12. The lowest BCUT2D eigenvalue weighted by molar-refractivity contribution is 0.0273. The highest BCUT2D eigenvalue weighted by Crippen LogP contribution is 2.20. The van der Waals surface area contributed by atoms with E-state index >= 15 is 0 Å². The van der Waals surface area contributed by atoms with Crippen molar-refractivity contribution >= 4 is 0 Å². The van der Waals surface area contributed by atoms with Gasteiger partial charge in [0.15, 0.2) is 0 Å². The lowest BCUT2D eigenvalue weighted by Gasteiger charge is -2.17. The van der Waals surface area contributed by atoms with Crippen LogP contribution in [0.25, 0.3) is 0 Å². The lowest BCUT2D eigenvalue weighted by atomic mass is 10.1. The maximum atomic E-state index is 9.02. The maximum absolute atomic E-state index is 9.02. The Morgan fingerprint density at radius 1 is 0.842 bits per heavy atom. The summed E-state index contributed by atoms with van der Waals surface area (Å²) in [5, 5.41) is 9.02. The van der Waals surface area contributed by atoms with Crippen LogP contribution in [-0.4, -0.2) is 11.2 Å². The molecule has 0 radical (unpaired) electrons. The summed E-state index contributed by atoms with van der Waals surface area (Å²) < 4.78 is 6.07. The molecule has 2 heteroatoms. The molecule has 0 atom stereocenters. The molecular formula is C17H26O2. The summed E-state index contributed by atoms with van der Waals surface area (Å²) in [5.74, 6) is 0.